The van der Waals surface area contributed by atoms with Crippen LogP contribution in [0.2, 0.25) is 0 Å². The van der Waals surface area contributed by atoms with Crippen molar-refractivity contribution in [2.75, 3.05) is 11.9 Å². The summed E-state index contributed by atoms with van der Waals surface area (Å²) in [4.78, 5) is 17.0. The third-order valence-corrected chi connectivity index (χ3v) is 4.06. The van der Waals surface area contributed by atoms with Gasteiger partial charge in [-0.25, -0.2) is 9.78 Å². The Kier molecular flexibility index (Phi) is 4.50. The molecule has 0 aliphatic heterocycles. The third-order valence-electron chi connectivity index (χ3n) is 3.14. The molecule has 3 rings (SSSR count). The number of thiophene rings is 1. The van der Waals surface area contributed by atoms with Crippen LogP contribution in [0.1, 0.15) is 0 Å². The van der Waals surface area contributed by atoms with Crippen molar-refractivity contribution in [2.24, 2.45) is 0 Å². The van der Waals surface area contributed by atoms with Crippen molar-refractivity contribution in [3.8, 4) is 10.4 Å². The number of imidazole rings is 1. The zero-order valence-corrected chi connectivity index (χ0v) is 12.7. The van der Waals surface area contributed by atoms with Gasteiger partial charge in [0.1, 0.15) is 0 Å². The van der Waals surface area contributed by atoms with E-state index in [1.54, 1.807) is 23.9 Å². The normalized spacial score (nSPS) is 10.4. The Morgan fingerprint density at radius 2 is 2.23 bits per heavy atom. The Balaban J connectivity index is 1.54. The molecule has 22 heavy (non-hydrogen) atoms. The van der Waals surface area contributed by atoms with Crippen LogP contribution in [0.3, 0.4) is 0 Å². The van der Waals surface area contributed by atoms with Crippen LogP contribution in [0.5, 0.6) is 0 Å². The Hall–Kier alpha value is -2.60. The van der Waals surface area contributed by atoms with Gasteiger partial charge in [0.2, 0.25) is 0 Å². The number of anilines is 1. The van der Waals surface area contributed by atoms with Gasteiger partial charge in [-0.3, -0.25) is 0 Å². The van der Waals surface area contributed by atoms with Gasteiger partial charge >= 0.3 is 6.03 Å². The summed E-state index contributed by atoms with van der Waals surface area (Å²) in [7, 11) is 0. The van der Waals surface area contributed by atoms with Crippen LogP contribution in [0, 0.1) is 0 Å². The van der Waals surface area contributed by atoms with E-state index < -0.39 is 0 Å². The second-order valence-corrected chi connectivity index (χ2v) is 5.69. The highest BCUT2D eigenvalue weighted by Gasteiger charge is 2.04. The van der Waals surface area contributed by atoms with Gasteiger partial charge in [-0.15, -0.1) is 11.3 Å². The smallest absolute Gasteiger partial charge is 0.319 e. The van der Waals surface area contributed by atoms with E-state index >= 15 is 0 Å². The number of hydrogen-bond acceptors (Lipinski definition) is 3. The fraction of sp³-hybridized carbons (Fsp3) is 0.125. The molecule has 0 spiro atoms. The largest absolute Gasteiger partial charge is 0.336 e. The summed E-state index contributed by atoms with van der Waals surface area (Å²) in [5.74, 6) is 0. The lowest BCUT2D eigenvalue weighted by Crippen LogP contribution is -2.31. The summed E-state index contributed by atoms with van der Waals surface area (Å²) >= 11 is 1.68. The Bertz CT molecular complexity index is 722. The van der Waals surface area contributed by atoms with Gasteiger partial charge in [0.05, 0.1) is 6.33 Å². The monoisotopic (exact) mass is 312 g/mol. The first kappa shape index (κ1) is 14.3. The molecular weight excluding hydrogens is 296 g/mol. The highest BCUT2D eigenvalue weighted by atomic mass is 32.1. The quantitative estimate of drug-likeness (QED) is 0.758. The Labute approximate surface area is 132 Å². The molecule has 3 aromatic rings. The molecule has 0 unspecified atom stereocenters. The van der Waals surface area contributed by atoms with E-state index in [2.05, 4.69) is 21.7 Å². The number of benzene rings is 1. The predicted molar refractivity (Wildman–Crippen MR) is 89.0 cm³/mol. The van der Waals surface area contributed by atoms with Crippen LogP contribution in [-0.2, 0) is 6.54 Å². The van der Waals surface area contributed by atoms with E-state index in [1.165, 1.54) is 4.88 Å². The number of carbonyl (C=O) groups is 1. The van der Waals surface area contributed by atoms with E-state index in [9.17, 15) is 4.79 Å². The summed E-state index contributed by atoms with van der Waals surface area (Å²) in [6.07, 6.45) is 5.31. The maximum absolute atomic E-state index is 11.9. The van der Waals surface area contributed by atoms with E-state index in [0.717, 1.165) is 11.3 Å². The van der Waals surface area contributed by atoms with Crippen molar-refractivity contribution < 1.29 is 4.79 Å². The number of carbonyl (C=O) groups excluding carboxylic acids is 1. The van der Waals surface area contributed by atoms with E-state index in [0.29, 0.717) is 13.1 Å². The number of nitrogens with zero attached hydrogens (tertiary/aromatic N) is 2. The maximum Gasteiger partial charge on any atom is 0.319 e. The maximum atomic E-state index is 11.9. The third kappa shape index (κ3) is 3.73. The van der Waals surface area contributed by atoms with Gasteiger partial charge in [0, 0.05) is 36.0 Å². The molecule has 0 radical (unpaired) electrons. The van der Waals surface area contributed by atoms with Crippen LogP contribution in [0.15, 0.2) is 60.5 Å². The lowest BCUT2D eigenvalue weighted by Gasteiger charge is -2.09. The highest BCUT2D eigenvalue weighted by Crippen LogP contribution is 2.26. The molecule has 2 heterocycles. The summed E-state index contributed by atoms with van der Waals surface area (Å²) in [6.45, 7) is 1.25. The number of hydrogen-bond donors (Lipinski definition) is 2. The minimum Gasteiger partial charge on any atom is -0.336 e. The number of nitrogens with one attached hydrogen (secondary N) is 2. The van der Waals surface area contributed by atoms with Crippen molar-refractivity contribution >= 4 is 23.1 Å². The zero-order valence-electron chi connectivity index (χ0n) is 11.9. The van der Waals surface area contributed by atoms with Crippen molar-refractivity contribution in [3.05, 3.63) is 60.5 Å². The molecule has 5 nitrogen and oxygen atoms in total. The first-order valence-electron chi connectivity index (χ1n) is 6.96. The molecule has 2 N–H and O–H groups in total. The van der Waals surface area contributed by atoms with Gasteiger partial charge in [-0.2, -0.15) is 0 Å². The number of rotatable bonds is 5. The molecule has 1 aromatic carbocycles. The average molecular weight is 312 g/mol. The van der Waals surface area contributed by atoms with E-state index in [4.69, 9.17) is 0 Å². The summed E-state index contributed by atoms with van der Waals surface area (Å²) in [5, 5.41) is 7.72. The van der Waals surface area contributed by atoms with Crippen LogP contribution < -0.4 is 10.6 Å². The van der Waals surface area contributed by atoms with E-state index in [1.807, 2.05) is 46.5 Å². The van der Waals surface area contributed by atoms with Crippen molar-refractivity contribution in [1.29, 1.82) is 0 Å². The Morgan fingerprint density at radius 1 is 1.27 bits per heavy atom. The van der Waals surface area contributed by atoms with Crippen molar-refractivity contribution in [1.82, 2.24) is 14.9 Å². The topological polar surface area (TPSA) is 59.0 Å². The molecule has 0 saturated heterocycles. The van der Waals surface area contributed by atoms with Crippen LogP contribution in [0.4, 0.5) is 10.5 Å². The second-order valence-electron chi connectivity index (χ2n) is 4.74. The van der Waals surface area contributed by atoms with Gasteiger partial charge in [-0.1, -0.05) is 18.2 Å². The molecular formula is C16H16N4OS. The minimum atomic E-state index is -0.205. The van der Waals surface area contributed by atoms with Crippen LogP contribution in [-0.4, -0.2) is 22.1 Å². The molecule has 0 saturated carbocycles. The molecule has 2 aromatic heterocycles. The first-order valence-corrected chi connectivity index (χ1v) is 7.84. The molecule has 0 atom stereocenters. The van der Waals surface area contributed by atoms with Crippen LogP contribution in [0.25, 0.3) is 10.4 Å². The zero-order chi connectivity index (χ0) is 15.2. The number of aromatic nitrogens is 2. The van der Waals surface area contributed by atoms with Crippen LogP contribution >= 0.6 is 11.3 Å². The molecule has 112 valence electrons. The lowest BCUT2D eigenvalue weighted by atomic mass is 10.1. The average Bonchev–Trinajstić information content (AvgIpc) is 3.21. The van der Waals surface area contributed by atoms with Crippen molar-refractivity contribution in [2.45, 2.75) is 6.54 Å². The SMILES string of the molecule is O=C(NCCn1ccnc1)Nc1cccc(-c2cccs2)c1. The fourth-order valence-corrected chi connectivity index (χ4v) is 2.81. The lowest BCUT2D eigenvalue weighted by molar-refractivity contribution is 0.251. The first-order chi connectivity index (χ1) is 10.8. The van der Waals surface area contributed by atoms with Crippen molar-refractivity contribution in [3.63, 3.8) is 0 Å². The Morgan fingerprint density at radius 3 is 3.00 bits per heavy atom. The molecule has 0 fully saturated rings. The van der Waals surface area contributed by atoms with Gasteiger partial charge in [0.25, 0.3) is 0 Å². The van der Waals surface area contributed by atoms with Gasteiger partial charge in [0.15, 0.2) is 0 Å². The number of urea groups is 1. The predicted octanol–water partition coefficient (Wildman–Crippen LogP) is 3.43. The van der Waals surface area contributed by atoms with E-state index in [-0.39, 0.29) is 6.03 Å². The number of amides is 2. The van der Waals surface area contributed by atoms with Gasteiger partial charge < -0.3 is 15.2 Å². The molecule has 6 heteroatoms. The summed E-state index contributed by atoms with van der Waals surface area (Å²) < 4.78 is 1.91. The van der Waals surface area contributed by atoms with Gasteiger partial charge in [-0.05, 0) is 29.1 Å². The summed E-state index contributed by atoms with van der Waals surface area (Å²) in [6, 6.07) is 11.7. The highest BCUT2D eigenvalue weighted by molar-refractivity contribution is 7.13. The minimum absolute atomic E-state index is 0.205. The summed E-state index contributed by atoms with van der Waals surface area (Å²) in [5.41, 5.74) is 1.89. The molecule has 2 amide bonds. The second kappa shape index (κ2) is 6.91. The standard InChI is InChI=1S/C16H16N4OS/c21-16(18-7-9-20-8-6-17-12-20)19-14-4-1-3-13(11-14)15-5-2-10-22-15/h1-6,8,10-12H,7,9H2,(H2,18,19,21). The fourth-order valence-electron chi connectivity index (χ4n) is 2.09. The molecule has 0 bridgehead atoms. The molecule has 0 aliphatic carbocycles. The molecule has 0 aliphatic rings.